The first-order chi connectivity index (χ1) is 12.7. The zero-order valence-electron chi connectivity index (χ0n) is 15.4. The van der Waals surface area contributed by atoms with Crippen LogP contribution in [0.15, 0.2) is 24.3 Å². The van der Waals surface area contributed by atoms with E-state index >= 15 is 0 Å². The predicted molar refractivity (Wildman–Crippen MR) is 101 cm³/mol. The standard InChI is InChI=1S/C20H26N4O2/c1-25-16-6-5-13(18(9-16)26-2)11-22-19-10-17(14-7-15(21)8-14)23-20(24-19)12-3-4-12/h5-6,9-10,12,14-15H,3-4,7-8,11,21H2,1-2H3,(H,22,23,24). The molecule has 2 fully saturated rings. The zero-order valence-corrected chi connectivity index (χ0v) is 15.4. The lowest BCUT2D eigenvalue weighted by atomic mass is 9.78. The topological polar surface area (TPSA) is 82.3 Å². The summed E-state index contributed by atoms with van der Waals surface area (Å²) in [6, 6.07) is 8.25. The van der Waals surface area contributed by atoms with Gasteiger partial charge in [0.1, 0.15) is 23.1 Å². The molecule has 1 heterocycles. The van der Waals surface area contributed by atoms with Gasteiger partial charge in [0.15, 0.2) is 0 Å². The Bertz CT molecular complexity index is 785. The van der Waals surface area contributed by atoms with Crippen molar-refractivity contribution in [2.45, 2.75) is 50.1 Å². The molecule has 0 unspecified atom stereocenters. The molecule has 3 N–H and O–H groups in total. The van der Waals surface area contributed by atoms with Crippen LogP contribution in [0.5, 0.6) is 11.5 Å². The van der Waals surface area contributed by atoms with Gasteiger partial charge in [-0.3, -0.25) is 0 Å². The van der Waals surface area contributed by atoms with E-state index in [2.05, 4.69) is 11.4 Å². The Morgan fingerprint density at radius 1 is 1.08 bits per heavy atom. The molecule has 2 saturated carbocycles. The molecule has 6 heteroatoms. The van der Waals surface area contributed by atoms with Crippen molar-refractivity contribution < 1.29 is 9.47 Å². The monoisotopic (exact) mass is 354 g/mol. The number of methoxy groups -OCH3 is 2. The van der Waals surface area contributed by atoms with Gasteiger partial charge >= 0.3 is 0 Å². The minimum absolute atomic E-state index is 0.319. The maximum absolute atomic E-state index is 5.96. The Kier molecular flexibility index (Phi) is 4.68. The molecule has 2 aromatic rings. The van der Waals surface area contributed by atoms with Gasteiger partial charge in [-0.15, -0.1) is 0 Å². The van der Waals surface area contributed by atoms with E-state index in [9.17, 15) is 0 Å². The van der Waals surface area contributed by atoms with Gasteiger partial charge in [-0.1, -0.05) is 0 Å². The molecule has 1 aromatic carbocycles. The summed E-state index contributed by atoms with van der Waals surface area (Å²) >= 11 is 0. The van der Waals surface area contributed by atoms with Gasteiger partial charge in [0, 0.05) is 47.8 Å². The van der Waals surface area contributed by atoms with Gasteiger partial charge < -0.3 is 20.5 Å². The van der Waals surface area contributed by atoms with Crippen molar-refractivity contribution in [2.24, 2.45) is 5.73 Å². The lowest BCUT2D eigenvalue weighted by Crippen LogP contribution is -2.35. The van der Waals surface area contributed by atoms with E-state index in [0.29, 0.717) is 24.4 Å². The number of ether oxygens (including phenoxy) is 2. The van der Waals surface area contributed by atoms with Gasteiger partial charge in [-0.05, 0) is 37.8 Å². The highest BCUT2D eigenvalue weighted by Gasteiger charge is 2.32. The number of nitrogens with two attached hydrogens (primary N) is 1. The number of aromatic nitrogens is 2. The number of anilines is 1. The molecular formula is C20H26N4O2. The Morgan fingerprint density at radius 2 is 1.88 bits per heavy atom. The van der Waals surface area contributed by atoms with Crippen LogP contribution in [0.2, 0.25) is 0 Å². The van der Waals surface area contributed by atoms with Crippen LogP contribution in [-0.2, 0) is 6.54 Å². The van der Waals surface area contributed by atoms with E-state index in [-0.39, 0.29) is 0 Å². The molecule has 4 rings (SSSR count). The lowest BCUT2D eigenvalue weighted by Gasteiger charge is -2.32. The molecular weight excluding hydrogens is 328 g/mol. The third kappa shape index (κ3) is 3.60. The largest absolute Gasteiger partial charge is 0.497 e. The molecule has 138 valence electrons. The van der Waals surface area contributed by atoms with E-state index in [1.54, 1.807) is 14.2 Å². The summed E-state index contributed by atoms with van der Waals surface area (Å²) in [5.74, 6) is 4.45. The first kappa shape index (κ1) is 17.1. The van der Waals surface area contributed by atoms with Crippen LogP contribution in [0.1, 0.15) is 54.6 Å². The summed E-state index contributed by atoms with van der Waals surface area (Å²) in [5, 5.41) is 3.45. The minimum Gasteiger partial charge on any atom is -0.497 e. The fraction of sp³-hybridized carbons (Fsp3) is 0.500. The van der Waals surface area contributed by atoms with E-state index in [1.165, 1.54) is 12.8 Å². The second kappa shape index (κ2) is 7.11. The highest BCUT2D eigenvalue weighted by Crippen LogP contribution is 2.41. The quantitative estimate of drug-likeness (QED) is 0.795. The van der Waals surface area contributed by atoms with Crippen LogP contribution in [0.4, 0.5) is 5.82 Å². The molecule has 0 radical (unpaired) electrons. The number of hydrogen-bond donors (Lipinski definition) is 2. The highest BCUT2D eigenvalue weighted by molar-refractivity contribution is 5.45. The summed E-state index contributed by atoms with van der Waals surface area (Å²) < 4.78 is 10.7. The minimum atomic E-state index is 0.319. The molecule has 0 spiro atoms. The second-order valence-electron chi connectivity index (χ2n) is 7.27. The van der Waals surface area contributed by atoms with E-state index in [1.807, 2.05) is 18.2 Å². The lowest BCUT2D eigenvalue weighted by molar-refractivity contribution is 0.344. The van der Waals surface area contributed by atoms with E-state index in [4.69, 9.17) is 25.2 Å². The van der Waals surface area contributed by atoms with E-state index < -0.39 is 0 Å². The van der Waals surface area contributed by atoms with Gasteiger partial charge in [-0.2, -0.15) is 0 Å². The molecule has 0 amide bonds. The summed E-state index contributed by atoms with van der Waals surface area (Å²) in [6.07, 6.45) is 4.43. The van der Waals surface area contributed by atoms with Crippen molar-refractivity contribution in [1.82, 2.24) is 9.97 Å². The number of benzene rings is 1. The summed E-state index contributed by atoms with van der Waals surface area (Å²) in [5.41, 5.74) is 8.16. The predicted octanol–water partition coefficient (Wildman–Crippen LogP) is 3.19. The molecule has 0 aliphatic heterocycles. The molecule has 0 saturated heterocycles. The summed E-state index contributed by atoms with van der Waals surface area (Å²) in [7, 11) is 3.33. The Balaban J connectivity index is 1.52. The van der Waals surface area contributed by atoms with Crippen LogP contribution in [0, 0.1) is 0 Å². The van der Waals surface area contributed by atoms with Crippen LogP contribution in [0.3, 0.4) is 0 Å². The first-order valence-electron chi connectivity index (χ1n) is 9.25. The van der Waals surface area contributed by atoms with Crippen molar-refractivity contribution in [2.75, 3.05) is 19.5 Å². The van der Waals surface area contributed by atoms with Crippen molar-refractivity contribution in [3.05, 3.63) is 41.3 Å². The Labute approximate surface area is 154 Å². The third-order valence-corrected chi connectivity index (χ3v) is 5.25. The van der Waals surface area contributed by atoms with Crippen LogP contribution in [-0.4, -0.2) is 30.2 Å². The van der Waals surface area contributed by atoms with Gasteiger partial charge in [-0.25, -0.2) is 9.97 Å². The molecule has 0 bridgehead atoms. The zero-order chi connectivity index (χ0) is 18.1. The van der Waals surface area contributed by atoms with E-state index in [0.717, 1.165) is 47.2 Å². The number of rotatable bonds is 7. The van der Waals surface area contributed by atoms with Crippen LogP contribution < -0.4 is 20.5 Å². The van der Waals surface area contributed by atoms with Crippen molar-refractivity contribution in [3.63, 3.8) is 0 Å². The smallest absolute Gasteiger partial charge is 0.134 e. The Hall–Kier alpha value is -2.34. The number of hydrogen-bond acceptors (Lipinski definition) is 6. The maximum atomic E-state index is 5.96. The summed E-state index contributed by atoms with van der Waals surface area (Å²) in [4.78, 5) is 9.56. The van der Waals surface area contributed by atoms with Crippen molar-refractivity contribution in [1.29, 1.82) is 0 Å². The molecule has 2 aliphatic carbocycles. The summed E-state index contributed by atoms with van der Waals surface area (Å²) in [6.45, 7) is 0.637. The van der Waals surface area contributed by atoms with Gasteiger partial charge in [0.05, 0.1) is 14.2 Å². The average molecular weight is 354 g/mol. The number of nitrogens with zero attached hydrogens (tertiary/aromatic N) is 2. The van der Waals surface area contributed by atoms with Crippen molar-refractivity contribution in [3.8, 4) is 11.5 Å². The Morgan fingerprint density at radius 3 is 2.54 bits per heavy atom. The molecule has 26 heavy (non-hydrogen) atoms. The molecule has 6 nitrogen and oxygen atoms in total. The maximum Gasteiger partial charge on any atom is 0.134 e. The van der Waals surface area contributed by atoms with Gasteiger partial charge in [0.25, 0.3) is 0 Å². The second-order valence-corrected chi connectivity index (χ2v) is 7.27. The first-order valence-corrected chi connectivity index (χ1v) is 9.25. The fourth-order valence-corrected chi connectivity index (χ4v) is 3.40. The highest BCUT2D eigenvalue weighted by atomic mass is 16.5. The molecule has 2 aliphatic rings. The number of nitrogens with one attached hydrogen (secondary N) is 1. The fourth-order valence-electron chi connectivity index (χ4n) is 3.40. The molecule has 1 aromatic heterocycles. The van der Waals surface area contributed by atoms with Crippen molar-refractivity contribution >= 4 is 5.82 Å². The van der Waals surface area contributed by atoms with Gasteiger partial charge in [0.2, 0.25) is 0 Å². The third-order valence-electron chi connectivity index (χ3n) is 5.25. The average Bonchev–Trinajstić information content (AvgIpc) is 3.48. The molecule has 0 atom stereocenters. The van der Waals surface area contributed by atoms with Crippen LogP contribution >= 0.6 is 0 Å². The SMILES string of the molecule is COc1ccc(CNc2cc(C3CC(N)C3)nc(C3CC3)n2)c(OC)c1. The normalized spacial score (nSPS) is 21.8. The van der Waals surface area contributed by atoms with Crippen LogP contribution in [0.25, 0.3) is 0 Å².